The molecule has 0 saturated heterocycles. The van der Waals surface area contributed by atoms with Crippen LogP contribution < -0.4 is 0 Å². The third kappa shape index (κ3) is 3.09. The van der Waals surface area contributed by atoms with Crippen LogP contribution in [0.3, 0.4) is 0 Å². The van der Waals surface area contributed by atoms with E-state index in [-0.39, 0.29) is 0 Å². The van der Waals surface area contributed by atoms with Gasteiger partial charge in [0.1, 0.15) is 0 Å². The predicted octanol–water partition coefficient (Wildman–Crippen LogP) is 0.818. The Morgan fingerprint density at radius 3 is 2.40 bits per heavy atom. The molecule has 0 aromatic heterocycles. The van der Waals surface area contributed by atoms with E-state index in [0.717, 1.165) is 5.56 Å². The summed E-state index contributed by atoms with van der Waals surface area (Å²) in [6, 6.07) is 9.44. The zero-order valence-corrected chi connectivity index (χ0v) is 8.77. The van der Waals surface area contributed by atoms with Crippen LogP contribution in [0.2, 0.25) is 0 Å². The minimum absolute atomic E-state index is 0.398. The number of carbonyl (C=O) groups is 2. The van der Waals surface area contributed by atoms with Crippen molar-refractivity contribution in [3.05, 3.63) is 35.9 Å². The molecule has 0 N–H and O–H groups in total. The number of ether oxygens (including phenoxy) is 1. The highest BCUT2D eigenvalue weighted by Crippen LogP contribution is 2.02. The number of likely N-dealkylation sites (N-methyl/N-ethyl adjacent to an activating group) is 1. The van der Waals surface area contributed by atoms with Gasteiger partial charge in [0.25, 0.3) is 0 Å². The summed E-state index contributed by atoms with van der Waals surface area (Å²) in [5.74, 6) is -1.48. The first kappa shape index (κ1) is 11.2. The molecule has 80 valence electrons. The summed E-state index contributed by atoms with van der Waals surface area (Å²) in [5.41, 5.74) is 0.970. The smallest absolute Gasteiger partial charge is 0.396 e. The highest BCUT2D eigenvalue weighted by molar-refractivity contribution is 6.32. The van der Waals surface area contributed by atoms with Gasteiger partial charge in [-0.3, -0.25) is 4.79 Å². The molecule has 0 aliphatic carbocycles. The zero-order valence-electron chi connectivity index (χ0n) is 8.77. The maximum absolute atomic E-state index is 11.3. The van der Waals surface area contributed by atoms with Crippen molar-refractivity contribution in [2.24, 2.45) is 0 Å². The molecule has 1 aromatic rings. The van der Waals surface area contributed by atoms with Crippen molar-refractivity contribution in [2.75, 3.05) is 14.2 Å². The second-order valence-electron chi connectivity index (χ2n) is 3.14. The van der Waals surface area contributed by atoms with Gasteiger partial charge in [-0.15, -0.1) is 0 Å². The Balaban J connectivity index is 2.60. The molecule has 1 aromatic carbocycles. The lowest BCUT2D eigenvalue weighted by Gasteiger charge is -2.15. The zero-order chi connectivity index (χ0) is 11.3. The fraction of sp³-hybridized carbons (Fsp3) is 0.273. The molecule has 15 heavy (non-hydrogen) atoms. The molecule has 0 aliphatic heterocycles. The van der Waals surface area contributed by atoms with Crippen LogP contribution in [0, 0.1) is 0 Å². The maximum atomic E-state index is 11.3. The largest absolute Gasteiger partial charge is 0.462 e. The minimum Gasteiger partial charge on any atom is -0.462 e. The third-order valence-electron chi connectivity index (χ3n) is 1.97. The highest BCUT2D eigenvalue weighted by Gasteiger charge is 2.18. The average Bonchev–Trinajstić information content (AvgIpc) is 2.28. The first-order valence-electron chi connectivity index (χ1n) is 4.52. The molecule has 4 heteroatoms. The van der Waals surface area contributed by atoms with E-state index < -0.39 is 11.9 Å². The summed E-state index contributed by atoms with van der Waals surface area (Å²) >= 11 is 0. The molecule has 0 bridgehead atoms. The molecule has 0 unspecified atom stereocenters. The van der Waals surface area contributed by atoms with Crippen LogP contribution in [0.5, 0.6) is 0 Å². The number of benzene rings is 1. The summed E-state index contributed by atoms with van der Waals surface area (Å²) in [6.45, 7) is 0.398. The van der Waals surface area contributed by atoms with E-state index >= 15 is 0 Å². The summed E-state index contributed by atoms with van der Waals surface area (Å²) in [7, 11) is 2.75. The first-order valence-corrected chi connectivity index (χ1v) is 4.52. The van der Waals surface area contributed by atoms with Crippen LogP contribution in [0.1, 0.15) is 5.56 Å². The average molecular weight is 207 g/mol. The number of methoxy groups -OCH3 is 1. The molecular formula is C11H13NO3. The number of hydrogen-bond donors (Lipinski definition) is 0. The first-order chi connectivity index (χ1) is 7.15. The van der Waals surface area contributed by atoms with Gasteiger partial charge in [0.05, 0.1) is 7.11 Å². The molecule has 0 heterocycles. The fourth-order valence-corrected chi connectivity index (χ4v) is 1.17. The van der Waals surface area contributed by atoms with Crippen LogP contribution in [0.25, 0.3) is 0 Å². The lowest BCUT2D eigenvalue weighted by molar-refractivity contribution is -0.157. The van der Waals surface area contributed by atoms with Crippen LogP contribution in [0.4, 0.5) is 0 Å². The predicted molar refractivity (Wildman–Crippen MR) is 54.9 cm³/mol. The van der Waals surface area contributed by atoms with E-state index in [2.05, 4.69) is 4.74 Å². The van der Waals surface area contributed by atoms with Gasteiger partial charge in [-0.05, 0) is 5.56 Å². The number of carbonyl (C=O) groups excluding carboxylic acids is 2. The van der Waals surface area contributed by atoms with Gasteiger partial charge in [0.2, 0.25) is 0 Å². The molecular weight excluding hydrogens is 194 g/mol. The quantitative estimate of drug-likeness (QED) is 0.532. The Morgan fingerprint density at radius 1 is 1.27 bits per heavy atom. The maximum Gasteiger partial charge on any atom is 0.396 e. The van der Waals surface area contributed by atoms with Gasteiger partial charge < -0.3 is 9.64 Å². The van der Waals surface area contributed by atoms with Gasteiger partial charge >= 0.3 is 11.9 Å². The third-order valence-corrected chi connectivity index (χ3v) is 1.97. The second kappa shape index (κ2) is 5.14. The lowest BCUT2D eigenvalue weighted by Crippen LogP contribution is -2.33. The number of rotatable bonds is 2. The molecule has 0 fully saturated rings. The van der Waals surface area contributed by atoms with Crippen molar-refractivity contribution in [3.8, 4) is 0 Å². The molecule has 0 radical (unpaired) electrons. The van der Waals surface area contributed by atoms with Crippen molar-refractivity contribution >= 4 is 11.9 Å². The fourth-order valence-electron chi connectivity index (χ4n) is 1.17. The Bertz CT molecular complexity index is 348. The SMILES string of the molecule is COC(=O)C(=O)N(C)Cc1ccccc1. The Kier molecular flexibility index (Phi) is 3.85. The van der Waals surface area contributed by atoms with E-state index in [0.29, 0.717) is 6.54 Å². The number of hydrogen-bond acceptors (Lipinski definition) is 3. The van der Waals surface area contributed by atoms with Gasteiger partial charge in [0.15, 0.2) is 0 Å². The molecule has 0 atom stereocenters. The van der Waals surface area contributed by atoms with E-state index in [1.807, 2.05) is 30.3 Å². The summed E-state index contributed by atoms with van der Waals surface area (Å²) in [5, 5.41) is 0. The molecule has 0 aliphatic rings. The monoisotopic (exact) mass is 207 g/mol. The molecule has 4 nitrogen and oxygen atoms in total. The Labute approximate surface area is 88.5 Å². The van der Waals surface area contributed by atoms with Crippen LogP contribution in [-0.2, 0) is 20.9 Å². The number of nitrogens with zero attached hydrogens (tertiary/aromatic N) is 1. The molecule has 1 rings (SSSR count). The van der Waals surface area contributed by atoms with Gasteiger partial charge in [-0.2, -0.15) is 0 Å². The van der Waals surface area contributed by atoms with Crippen molar-refractivity contribution in [1.82, 2.24) is 4.90 Å². The summed E-state index contributed by atoms with van der Waals surface area (Å²) < 4.78 is 4.34. The molecule has 1 amide bonds. The standard InChI is InChI=1S/C11H13NO3/c1-12(10(13)11(14)15-2)8-9-6-4-3-5-7-9/h3-7H,8H2,1-2H3. The van der Waals surface area contributed by atoms with Crippen LogP contribution in [0.15, 0.2) is 30.3 Å². The van der Waals surface area contributed by atoms with Gasteiger partial charge in [0, 0.05) is 13.6 Å². The van der Waals surface area contributed by atoms with Crippen LogP contribution in [-0.4, -0.2) is 30.9 Å². The van der Waals surface area contributed by atoms with Gasteiger partial charge in [-0.25, -0.2) is 4.79 Å². The Hall–Kier alpha value is -1.84. The van der Waals surface area contributed by atoms with E-state index in [1.165, 1.54) is 12.0 Å². The summed E-state index contributed by atoms with van der Waals surface area (Å²) in [6.07, 6.45) is 0. The lowest BCUT2D eigenvalue weighted by atomic mass is 10.2. The van der Waals surface area contributed by atoms with Gasteiger partial charge in [-0.1, -0.05) is 30.3 Å². The van der Waals surface area contributed by atoms with Crippen LogP contribution >= 0.6 is 0 Å². The Morgan fingerprint density at radius 2 is 1.87 bits per heavy atom. The number of esters is 1. The van der Waals surface area contributed by atoms with Crippen molar-refractivity contribution < 1.29 is 14.3 Å². The summed E-state index contributed by atoms with van der Waals surface area (Å²) in [4.78, 5) is 23.6. The van der Waals surface area contributed by atoms with E-state index in [1.54, 1.807) is 7.05 Å². The van der Waals surface area contributed by atoms with E-state index in [9.17, 15) is 9.59 Å². The van der Waals surface area contributed by atoms with Crippen molar-refractivity contribution in [3.63, 3.8) is 0 Å². The van der Waals surface area contributed by atoms with E-state index in [4.69, 9.17) is 0 Å². The highest BCUT2D eigenvalue weighted by atomic mass is 16.5. The second-order valence-corrected chi connectivity index (χ2v) is 3.14. The molecule has 0 saturated carbocycles. The molecule has 0 spiro atoms. The van der Waals surface area contributed by atoms with Crippen molar-refractivity contribution in [1.29, 1.82) is 0 Å². The minimum atomic E-state index is -0.839. The number of amides is 1. The van der Waals surface area contributed by atoms with Crippen molar-refractivity contribution in [2.45, 2.75) is 6.54 Å². The normalized spacial score (nSPS) is 9.47. The topological polar surface area (TPSA) is 46.6 Å².